The fourth-order valence-corrected chi connectivity index (χ4v) is 2.19. The van der Waals surface area contributed by atoms with Crippen molar-refractivity contribution < 1.29 is 19.4 Å². The quantitative estimate of drug-likeness (QED) is 0.593. The van der Waals surface area contributed by atoms with Crippen molar-refractivity contribution in [2.45, 2.75) is 58.2 Å². The average Bonchev–Trinajstić information content (AvgIpc) is 2.84. The third-order valence-electron chi connectivity index (χ3n) is 3.37. The maximum Gasteiger partial charge on any atom is 0.332 e. The van der Waals surface area contributed by atoms with Crippen molar-refractivity contribution in [3.8, 4) is 0 Å². The zero-order valence-corrected chi connectivity index (χ0v) is 12.4. The van der Waals surface area contributed by atoms with Crippen LogP contribution in [0.1, 0.15) is 46.0 Å². The lowest BCUT2D eigenvalue weighted by molar-refractivity contribution is -0.149. The summed E-state index contributed by atoms with van der Waals surface area (Å²) >= 11 is 0. The molecule has 6 nitrogen and oxygen atoms in total. The van der Waals surface area contributed by atoms with Gasteiger partial charge in [0, 0.05) is 13.1 Å². The molecule has 0 bridgehead atoms. The highest BCUT2D eigenvalue weighted by atomic mass is 16.5. The molecule has 1 saturated heterocycles. The van der Waals surface area contributed by atoms with Crippen LogP contribution >= 0.6 is 0 Å². The Kier molecular flexibility index (Phi) is 7.36. The molecule has 1 fully saturated rings. The number of rotatable bonds is 8. The van der Waals surface area contributed by atoms with Crippen LogP contribution in [0.15, 0.2) is 0 Å². The number of hydrogen-bond acceptors (Lipinski definition) is 3. The summed E-state index contributed by atoms with van der Waals surface area (Å²) in [6.45, 7) is 5.40. The van der Waals surface area contributed by atoms with E-state index in [-0.39, 0.29) is 12.1 Å². The zero-order valence-electron chi connectivity index (χ0n) is 12.4. The van der Waals surface area contributed by atoms with Gasteiger partial charge in [0.2, 0.25) is 0 Å². The molecule has 1 aliphatic heterocycles. The van der Waals surface area contributed by atoms with Crippen molar-refractivity contribution in [1.29, 1.82) is 0 Å². The van der Waals surface area contributed by atoms with Crippen molar-refractivity contribution >= 4 is 12.0 Å². The Morgan fingerprint density at radius 2 is 2.00 bits per heavy atom. The molecule has 1 aliphatic rings. The van der Waals surface area contributed by atoms with Gasteiger partial charge in [-0.1, -0.05) is 26.7 Å². The number of hydrogen-bond donors (Lipinski definition) is 3. The Labute approximate surface area is 120 Å². The van der Waals surface area contributed by atoms with E-state index in [1.165, 1.54) is 6.42 Å². The maximum absolute atomic E-state index is 11.5. The topological polar surface area (TPSA) is 87.7 Å². The van der Waals surface area contributed by atoms with Crippen LogP contribution in [0.25, 0.3) is 0 Å². The number of ether oxygens (including phenoxy) is 1. The minimum atomic E-state index is -0.929. The van der Waals surface area contributed by atoms with Crippen LogP contribution in [-0.2, 0) is 9.53 Å². The van der Waals surface area contributed by atoms with E-state index in [0.29, 0.717) is 31.8 Å². The molecule has 2 unspecified atom stereocenters. The highest BCUT2D eigenvalue weighted by molar-refractivity contribution is 5.74. The predicted molar refractivity (Wildman–Crippen MR) is 75.6 cm³/mol. The molecule has 0 aliphatic carbocycles. The average molecular weight is 286 g/mol. The lowest BCUT2D eigenvalue weighted by atomic mass is 10.1. The molecule has 0 saturated carbocycles. The lowest BCUT2D eigenvalue weighted by Crippen LogP contribution is -2.40. The molecule has 0 aromatic rings. The highest BCUT2D eigenvalue weighted by Crippen LogP contribution is 2.19. The number of urea groups is 1. The van der Waals surface area contributed by atoms with Crippen LogP contribution in [-0.4, -0.2) is 42.4 Å². The summed E-state index contributed by atoms with van der Waals surface area (Å²) in [6.07, 6.45) is 3.54. The van der Waals surface area contributed by atoms with Gasteiger partial charge < -0.3 is 20.5 Å². The molecule has 0 radical (unpaired) electrons. The molecule has 20 heavy (non-hydrogen) atoms. The lowest BCUT2D eigenvalue weighted by Gasteiger charge is -2.13. The number of amides is 2. The van der Waals surface area contributed by atoms with Crippen LogP contribution in [0.2, 0.25) is 0 Å². The molecule has 0 spiro atoms. The second-order valence-electron chi connectivity index (χ2n) is 5.69. The summed E-state index contributed by atoms with van der Waals surface area (Å²) in [5.74, 6) is -0.229. The number of unbranched alkanes of at least 4 members (excludes halogenated alkanes) is 1. The van der Waals surface area contributed by atoms with Gasteiger partial charge in [0.05, 0.1) is 6.10 Å². The van der Waals surface area contributed by atoms with Crippen molar-refractivity contribution in [1.82, 2.24) is 10.6 Å². The Balaban J connectivity index is 2.02. The molecular formula is C14H26N2O4. The van der Waals surface area contributed by atoms with Gasteiger partial charge in [-0.3, -0.25) is 0 Å². The summed E-state index contributed by atoms with van der Waals surface area (Å²) in [5, 5.41) is 14.3. The van der Waals surface area contributed by atoms with Gasteiger partial charge in [0.1, 0.15) is 0 Å². The first kappa shape index (κ1) is 16.8. The number of carboxylic acid groups (broad SMARTS) is 1. The van der Waals surface area contributed by atoms with Crippen LogP contribution in [0.4, 0.5) is 4.79 Å². The van der Waals surface area contributed by atoms with Gasteiger partial charge in [0.15, 0.2) is 6.10 Å². The number of nitrogens with one attached hydrogen (secondary N) is 2. The molecule has 2 atom stereocenters. The molecule has 0 aromatic heterocycles. The molecule has 3 N–H and O–H groups in total. The predicted octanol–water partition coefficient (Wildman–Crippen LogP) is 1.74. The number of carboxylic acids is 1. The number of aliphatic carboxylic acids is 1. The van der Waals surface area contributed by atoms with Gasteiger partial charge in [-0.2, -0.15) is 0 Å². The third-order valence-corrected chi connectivity index (χ3v) is 3.37. The monoisotopic (exact) mass is 286 g/mol. The SMILES string of the molecule is CC(C)CCCCNC(=O)NCC1CCC(C(=O)O)O1. The van der Waals surface area contributed by atoms with Crippen molar-refractivity contribution in [3.05, 3.63) is 0 Å². The minimum Gasteiger partial charge on any atom is -0.479 e. The minimum absolute atomic E-state index is 0.192. The van der Waals surface area contributed by atoms with E-state index in [0.717, 1.165) is 12.8 Å². The van der Waals surface area contributed by atoms with Crippen LogP contribution in [0, 0.1) is 5.92 Å². The first-order valence-corrected chi connectivity index (χ1v) is 7.39. The highest BCUT2D eigenvalue weighted by Gasteiger charge is 2.30. The Morgan fingerprint density at radius 3 is 2.60 bits per heavy atom. The maximum atomic E-state index is 11.5. The Morgan fingerprint density at radius 1 is 1.25 bits per heavy atom. The van der Waals surface area contributed by atoms with Gasteiger partial charge in [-0.25, -0.2) is 9.59 Å². The third kappa shape index (κ3) is 6.75. The van der Waals surface area contributed by atoms with E-state index in [2.05, 4.69) is 24.5 Å². The number of carbonyl (C=O) groups excluding carboxylic acids is 1. The number of carbonyl (C=O) groups is 2. The molecule has 0 aromatic carbocycles. The van der Waals surface area contributed by atoms with Crippen molar-refractivity contribution in [2.75, 3.05) is 13.1 Å². The second kappa shape index (κ2) is 8.79. The van der Waals surface area contributed by atoms with E-state index in [1.54, 1.807) is 0 Å². The zero-order chi connectivity index (χ0) is 15.0. The van der Waals surface area contributed by atoms with E-state index >= 15 is 0 Å². The molecular weight excluding hydrogens is 260 g/mol. The van der Waals surface area contributed by atoms with Crippen LogP contribution in [0.5, 0.6) is 0 Å². The Bertz CT molecular complexity index is 320. The van der Waals surface area contributed by atoms with E-state index in [4.69, 9.17) is 9.84 Å². The van der Waals surface area contributed by atoms with Crippen LogP contribution < -0.4 is 10.6 Å². The molecule has 1 heterocycles. The van der Waals surface area contributed by atoms with E-state index in [1.807, 2.05) is 0 Å². The smallest absolute Gasteiger partial charge is 0.332 e. The second-order valence-corrected chi connectivity index (χ2v) is 5.69. The summed E-state index contributed by atoms with van der Waals surface area (Å²) in [7, 11) is 0. The normalized spacial score (nSPS) is 21.9. The van der Waals surface area contributed by atoms with E-state index < -0.39 is 12.1 Å². The van der Waals surface area contributed by atoms with Gasteiger partial charge >= 0.3 is 12.0 Å². The standard InChI is InChI=1S/C14H26N2O4/c1-10(2)5-3-4-8-15-14(19)16-9-11-6-7-12(20-11)13(17)18/h10-12H,3-9H2,1-2H3,(H,17,18)(H2,15,16,19). The summed E-state index contributed by atoms with van der Waals surface area (Å²) in [4.78, 5) is 22.2. The first-order valence-electron chi connectivity index (χ1n) is 7.39. The van der Waals surface area contributed by atoms with Crippen LogP contribution in [0.3, 0.4) is 0 Å². The van der Waals surface area contributed by atoms with E-state index in [9.17, 15) is 9.59 Å². The van der Waals surface area contributed by atoms with Gasteiger partial charge in [-0.15, -0.1) is 0 Å². The largest absolute Gasteiger partial charge is 0.479 e. The fourth-order valence-electron chi connectivity index (χ4n) is 2.19. The summed E-state index contributed by atoms with van der Waals surface area (Å²) < 4.78 is 5.30. The molecule has 1 rings (SSSR count). The summed E-state index contributed by atoms with van der Waals surface area (Å²) in [5.41, 5.74) is 0. The van der Waals surface area contributed by atoms with Crippen molar-refractivity contribution in [2.24, 2.45) is 5.92 Å². The summed E-state index contributed by atoms with van der Waals surface area (Å²) in [6, 6.07) is -0.211. The fraction of sp³-hybridized carbons (Fsp3) is 0.857. The molecule has 116 valence electrons. The first-order chi connectivity index (χ1) is 9.49. The Hall–Kier alpha value is -1.30. The molecule has 2 amide bonds. The van der Waals surface area contributed by atoms with Gasteiger partial charge in [-0.05, 0) is 25.2 Å². The van der Waals surface area contributed by atoms with Gasteiger partial charge in [0.25, 0.3) is 0 Å². The molecule has 6 heteroatoms. The van der Waals surface area contributed by atoms with Crippen molar-refractivity contribution in [3.63, 3.8) is 0 Å².